The van der Waals surface area contributed by atoms with Crippen LogP contribution in [-0.2, 0) is 10.8 Å². The number of anilines is 1. The van der Waals surface area contributed by atoms with Crippen LogP contribution in [-0.4, -0.2) is 9.96 Å². The van der Waals surface area contributed by atoms with E-state index in [2.05, 4.69) is 13.8 Å². The Hall–Kier alpha value is -0.900. The SMILES string of the molecule is CC(C)CCCS(=O)c1cc(N)cc(F)c1. The molecule has 0 aromatic heterocycles. The molecule has 1 atom stereocenters. The van der Waals surface area contributed by atoms with Crippen LogP contribution in [0.1, 0.15) is 26.7 Å². The molecular weight excluding hydrogens is 225 g/mol. The molecule has 0 saturated carbocycles. The van der Waals surface area contributed by atoms with Gasteiger partial charge in [-0.05, 0) is 30.5 Å². The van der Waals surface area contributed by atoms with Crippen molar-refractivity contribution >= 4 is 16.5 Å². The fourth-order valence-electron chi connectivity index (χ4n) is 1.46. The summed E-state index contributed by atoms with van der Waals surface area (Å²) < 4.78 is 24.8. The first kappa shape index (κ1) is 13.2. The lowest BCUT2D eigenvalue weighted by Gasteiger charge is -2.05. The van der Waals surface area contributed by atoms with Gasteiger partial charge >= 0.3 is 0 Å². The normalized spacial score (nSPS) is 13.0. The molecule has 2 N–H and O–H groups in total. The molecule has 0 fully saturated rings. The molecule has 0 bridgehead atoms. The lowest BCUT2D eigenvalue weighted by molar-refractivity contribution is 0.575. The van der Waals surface area contributed by atoms with Gasteiger partial charge in [-0.15, -0.1) is 0 Å². The summed E-state index contributed by atoms with van der Waals surface area (Å²) in [5, 5.41) is 0. The maximum atomic E-state index is 13.0. The maximum Gasteiger partial charge on any atom is 0.126 e. The number of nitrogens with two attached hydrogens (primary N) is 1. The van der Waals surface area contributed by atoms with Gasteiger partial charge in [0.2, 0.25) is 0 Å². The third-order valence-electron chi connectivity index (χ3n) is 2.27. The number of nitrogen functional groups attached to an aromatic ring is 1. The lowest BCUT2D eigenvalue weighted by atomic mass is 10.1. The van der Waals surface area contributed by atoms with Gasteiger partial charge in [0.25, 0.3) is 0 Å². The second kappa shape index (κ2) is 5.99. The standard InChI is InChI=1S/C12H18FNOS/c1-9(2)4-3-5-16(15)12-7-10(13)6-11(14)8-12/h6-9H,3-5,14H2,1-2H3. The number of hydrogen-bond donors (Lipinski definition) is 1. The van der Waals surface area contributed by atoms with E-state index < -0.39 is 16.6 Å². The van der Waals surface area contributed by atoms with Crippen molar-refractivity contribution in [2.75, 3.05) is 11.5 Å². The van der Waals surface area contributed by atoms with E-state index in [9.17, 15) is 8.60 Å². The zero-order valence-corrected chi connectivity index (χ0v) is 10.5. The molecule has 90 valence electrons. The summed E-state index contributed by atoms with van der Waals surface area (Å²) in [6.07, 6.45) is 1.93. The Kier molecular flexibility index (Phi) is 4.93. The molecule has 1 rings (SSSR count). The van der Waals surface area contributed by atoms with E-state index in [0.29, 0.717) is 22.3 Å². The highest BCUT2D eigenvalue weighted by atomic mass is 32.2. The quantitative estimate of drug-likeness (QED) is 0.808. The first-order valence-electron chi connectivity index (χ1n) is 5.43. The van der Waals surface area contributed by atoms with E-state index in [1.807, 2.05) is 0 Å². The third kappa shape index (κ3) is 4.31. The van der Waals surface area contributed by atoms with E-state index in [1.54, 1.807) is 6.07 Å². The average Bonchev–Trinajstić information content (AvgIpc) is 2.15. The second-order valence-electron chi connectivity index (χ2n) is 4.31. The summed E-state index contributed by atoms with van der Waals surface area (Å²) in [4.78, 5) is 0.487. The van der Waals surface area contributed by atoms with Gasteiger partial charge in [-0.25, -0.2) is 4.39 Å². The zero-order valence-electron chi connectivity index (χ0n) is 9.70. The predicted molar refractivity (Wildman–Crippen MR) is 66.2 cm³/mol. The average molecular weight is 243 g/mol. The van der Waals surface area contributed by atoms with E-state index >= 15 is 0 Å². The van der Waals surface area contributed by atoms with Crippen LogP contribution >= 0.6 is 0 Å². The summed E-state index contributed by atoms with van der Waals surface area (Å²) in [7, 11) is -1.14. The predicted octanol–water partition coefficient (Wildman–Crippen LogP) is 2.95. The Balaban J connectivity index is 2.59. The molecule has 0 radical (unpaired) electrons. The van der Waals surface area contributed by atoms with Crippen molar-refractivity contribution in [2.24, 2.45) is 5.92 Å². The minimum atomic E-state index is -1.14. The van der Waals surface area contributed by atoms with Crippen molar-refractivity contribution < 1.29 is 8.60 Å². The van der Waals surface area contributed by atoms with Crippen LogP contribution in [0.4, 0.5) is 10.1 Å². The van der Waals surface area contributed by atoms with Crippen LogP contribution in [0.3, 0.4) is 0 Å². The maximum absolute atomic E-state index is 13.0. The van der Waals surface area contributed by atoms with Gasteiger partial charge < -0.3 is 5.73 Å². The lowest BCUT2D eigenvalue weighted by Crippen LogP contribution is -2.01. The van der Waals surface area contributed by atoms with Gasteiger partial charge in [0, 0.05) is 16.3 Å². The molecule has 1 unspecified atom stereocenters. The van der Waals surface area contributed by atoms with Gasteiger partial charge in [0.05, 0.1) is 10.8 Å². The molecule has 4 heteroatoms. The molecule has 0 spiro atoms. The first-order valence-corrected chi connectivity index (χ1v) is 6.75. The number of hydrogen-bond acceptors (Lipinski definition) is 2. The van der Waals surface area contributed by atoms with Crippen molar-refractivity contribution in [3.05, 3.63) is 24.0 Å². The summed E-state index contributed by atoms with van der Waals surface area (Å²) in [5.41, 5.74) is 5.83. The smallest absolute Gasteiger partial charge is 0.126 e. The van der Waals surface area contributed by atoms with Gasteiger partial charge in [0.15, 0.2) is 0 Å². The largest absolute Gasteiger partial charge is 0.399 e. The Bertz CT molecular complexity index is 359. The minimum Gasteiger partial charge on any atom is -0.399 e. The monoisotopic (exact) mass is 243 g/mol. The molecule has 0 heterocycles. The van der Waals surface area contributed by atoms with Crippen molar-refractivity contribution in [3.63, 3.8) is 0 Å². The summed E-state index contributed by atoms with van der Waals surface area (Å²) in [6, 6.07) is 4.10. The van der Waals surface area contributed by atoms with Crippen molar-refractivity contribution in [1.29, 1.82) is 0 Å². The summed E-state index contributed by atoms with van der Waals surface area (Å²) in [5.74, 6) is 0.753. The fraction of sp³-hybridized carbons (Fsp3) is 0.500. The van der Waals surface area contributed by atoms with Crippen LogP contribution in [0.2, 0.25) is 0 Å². The number of rotatable bonds is 5. The number of benzene rings is 1. The molecule has 0 saturated heterocycles. The zero-order chi connectivity index (χ0) is 12.1. The highest BCUT2D eigenvalue weighted by molar-refractivity contribution is 7.85. The fourth-order valence-corrected chi connectivity index (χ4v) is 2.63. The molecular formula is C12H18FNOS. The van der Waals surface area contributed by atoms with Crippen LogP contribution in [0.25, 0.3) is 0 Å². The summed E-state index contributed by atoms with van der Waals surface area (Å²) in [6.45, 7) is 4.26. The molecule has 16 heavy (non-hydrogen) atoms. The molecule has 1 aromatic carbocycles. The van der Waals surface area contributed by atoms with Crippen LogP contribution < -0.4 is 5.73 Å². The Labute approximate surface area is 98.5 Å². The van der Waals surface area contributed by atoms with Crippen molar-refractivity contribution in [3.8, 4) is 0 Å². The van der Waals surface area contributed by atoms with Gasteiger partial charge in [-0.3, -0.25) is 4.21 Å². The Morgan fingerprint density at radius 2 is 2.06 bits per heavy atom. The minimum absolute atomic E-state index is 0.326. The number of halogens is 1. The van der Waals surface area contributed by atoms with Crippen LogP contribution in [0, 0.1) is 11.7 Å². The van der Waals surface area contributed by atoms with E-state index in [-0.39, 0.29) is 0 Å². The van der Waals surface area contributed by atoms with Crippen molar-refractivity contribution in [1.82, 2.24) is 0 Å². The highest BCUT2D eigenvalue weighted by Crippen LogP contribution is 2.16. The molecule has 1 aromatic rings. The van der Waals surface area contributed by atoms with Crippen molar-refractivity contribution in [2.45, 2.75) is 31.6 Å². The molecule has 0 amide bonds. The summed E-state index contributed by atoms with van der Waals surface area (Å²) >= 11 is 0. The van der Waals surface area contributed by atoms with Gasteiger partial charge in [-0.2, -0.15) is 0 Å². The topological polar surface area (TPSA) is 43.1 Å². The molecule has 0 aliphatic rings. The highest BCUT2D eigenvalue weighted by Gasteiger charge is 2.07. The van der Waals surface area contributed by atoms with E-state index in [4.69, 9.17) is 5.73 Å². The molecule has 0 aliphatic carbocycles. The second-order valence-corrected chi connectivity index (χ2v) is 5.88. The Morgan fingerprint density at radius 3 is 2.62 bits per heavy atom. The van der Waals surface area contributed by atoms with Crippen LogP contribution in [0.15, 0.2) is 23.1 Å². The molecule has 2 nitrogen and oxygen atoms in total. The van der Waals surface area contributed by atoms with Gasteiger partial charge in [0.1, 0.15) is 5.82 Å². The Morgan fingerprint density at radius 1 is 1.38 bits per heavy atom. The first-order chi connectivity index (χ1) is 7.49. The van der Waals surface area contributed by atoms with E-state index in [1.165, 1.54) is 12.1 Å². The third-order valence-corrected chi connectivity index (χ3v) is 3.69. The van der Waals surface area contributed by atoms with Gasteiger partial charge in [-0.1, -0.05) is 20.3 Å². The van der Waals surface area contributed by atoms with E-state index in [0.717, 1.165) is 12.8 Å². The molecule has 0 aliphatic heterocycles. The van der Waals surface area contributed by atoms with Crippen LogP contribution in [0.5, 0.6) is 0 Å².